The molecular formula is C29H36N6O3. The van der Waals surface area contributed by atoms with Crippen molar-refractivity contribution in [2.24, 2.45) is 5.73 Å². The molecule has 2 heterocycles. The number of carbonyl (C=O) groups is 3. The number of rotatable bonds is 8. The minimum Gasteiger partial charge on any atom is -0.363 e. The van der Waals surface area contributed by atoms with Crippen LogP contribution in [0, 0.1) is 0 Å². The Labute approximate surface area is 223 Å². The number of anilines is 1. The van der Waals surface area contributed by atoms with E-state index in [-0.39, 0.29) is 24.3 Å². The molecule has 1 aromatic heterocycles. The standard InChI is InChI=1S/C29H36N6O3/c1-29(2,30)16-26(36)34-24-13-12-23-25(14-15-32-23)35(27(24)37)18-19-8-10-20(11-9-19)22-7-5-4-6-21(22)17-33-28(38)31-3/h4-11,14-15,24,32H,12-13,16-18,30H2,1-3H3,(H,34,36)(H2,31,33,38)/t24-/m1/s1. The van der Waals surface area contributed by atoms with Crippen LogP contribution in [0.15, 0.2) is 60.8 Å². The van der Waals surface area contributed by atoms with E-state index in [0.717, 1.165) is 33.6 Å². The molecule has 4 rings (SSSR count). The summed E-state index contributed by atoms with van der Waals surface area (Å²) in [5.41, 5.74) is 11.2. The van der Waals surface area contributed by atoms with Crippen molar-refractivity contribution in [3.05, 3.63) is 77.6 Å². The van der Waals surface area contributed by atoms with E-state index in [1.165, 1.54) is 0 Å². The summed E-state index contributed by atoms with van der Waals surface area (Å²) >= 11 is 0. The number of aromatic amines is 1. The summed E-state index contributed by atoms with van der Waals surface area (Å²) in [5, 5.41) is 8.31. The smallest absolute Gasteiger partial charge is 0.314 e. The maximum atomic E-state index is 13.6. The molecule has 0 bridgehead atoms. The number of hydrogen-bond donors (Lipinski definition) is 5. The predicted molar refractivity (Wildman–Crippen MR) is 148 cm³/mol. The molecule has 1 aliphatic heterocycles. The van der Waals surface area contributed by atoms with Crippen LogP contribution in [0.25, 0.3) is 11.1 Å². The van der Waals surface area contributed by atoms with Gasteiger partial charge in [-0.25, -0.2) is 4.79 Å². The number of nitrogens with two attached hydrogens (primary N) is 1. The molecule has 4 amide bonds. The lowest BCUT2D eigenvalue weighted by atomic mass is 9.98. The van der Waals surface area contributed by atoms with Gasteiger partial charge in [0.15, 0.2) is 0 Å². The SMILES string of the molecule is CNC(=O)NCc1ccccc1-c1ccc(CN2C(=O)[C@H](NC(=O)CC(C)(C)N)CCc3[nH]ccc32)cc1. The van der Waals surface area contributed by atoms with Crippen molar-refractivity contribution in [3.8, 4) is 11.1 Å². The van der Waals surface area contributed by atoms with Crippen molar-refractivity contribution in [1.29, 1.82) is 0 Å². The van der Waals surface area contributed by atoms with Crippen molar-refractivity contribution in [1.82, 2.24) is 20.9 Å². The third kappa shape index (κ3) is 6.60. The Morgan fingerprint density at radius 3 is 2.55 bits per heavy atom. The first-order valence-electron chi connectivity index (χ1n) is 12.8. The van der Waals surface area contributed by atoms with Gasteiger partial charge in [-0.05, 0) is 55.0 Å². The van der Waals surface area contributed by atoms with Gasteiger partial charge in [0.2, 0.25) is 11.8 Å². The number of urea groups is 1. The van der Waals surface area contributed by atoms with Gasteiger partial charge in [0.05, 0.1) is 12.2 Å². The lowest BCUT2D eigenvalue weighted by Crippen LogP contribution is -2.49. The van der Waals surface area contributed by atoms with Crippen LogP contribution in [0.2, 0.25) is 0 Å². The topological polar surface area (TPSA) is 132 Å². The molecule has 38 heavy (non-hydrogen) atoms. The zero-order chi connectivity index (χ0) is 27.3. The third-order valence-electron chi connectivity index (χ3n) is 6.59. The lowest BCUT2D eigenvalue weighted by Gasteiger charge is -2.26. The number of H-pyrrole nitrogens is 1. The van der Waals surface area contributed by atoms with Gasteiger partial charge in [-0.3, -0.25) is 9.59 Å². The average Bonchev–Trinajstić information content (AvgIpc) is 3.31. The Morgan fingerprint density at radius 2 is 1.84 bits per heavy atom. The minimum atomic E-state index is -0.652. The maximum absolute atomic E-state index is 13.6. The summed E-state index contributed by atoms with van der Waals surface area (Å²) in [6.45, 7) is 4.36. The highest BCUT2D eigenvalue weighted by Crippen LogP contribution is 2.29. The molecule has 0 radical (unpaired) electrons. The molecule has 1 atom stereocenters. The largest absolute Gasteiger partial charge is 0.363 e. The van der Waals surface area contributed by atoms with Crippen molar-refractivity contribution in [2.75, 3.05) is 11.9 Å². The number of amides is 4. The van der Waals surface area contributed by atoms with Crippen LogP contribution in [-0.4, -0.2) is 41.5 Å². The van der Waals surface area contributed by atoms with Gasteiger partial charge in [0.1, 0.15) is 6.04 Å². The molecule has 0 spiro atoms. The number of hydrogen-bond acceptors (Lipinski definition) is 4. The van der Waals surface area contributed by atoms with E-state index >= 15 is 0 Å². The number of carbonyl (C=O) groups excluding carboxylic acids is 3. The van der Waals surface area contributed by atoms with Crippen LogP contribution in [0.1, 0.15) is 43.5 Å². The molecule has 200 valence electrons. The molecule has 3 aromatic rings. The summed E-state index contributed by atoms with van der Waals surface area (Å²) in [7, 11) is 1.59. The van der Waals surface area contributed by atoms with Gasteiger partial charge in [0.25, 0.3) is 0 Å². The summed E-state index contributed by atoms with van der Waals surface area (Å²) in [5.74, 6) is -0.364. The van der Waals surface area contributed by atoms with Gasteiger partial charge in [-0.15, -0.1) is 0 Å². The zero-order valence-corrected chi connectivity index (χ0v) is 22.1. The fraction of sp³-hybridized carbons (Fsp3) is 0.345. The lowest BCUT2D eigenvalue weighted by molar-refractivity contribution is -0.128. The molecule has 1 aliphatic rings. The van der Waals surface area contributed by atoms with Gasteiger partial charge in [-0.1, -0.05) is 48.5 Å². The van der Waals surface area contributed by atoms with Crippen LogP contribution in [-0.2, 0) is 29.1 Å². The fourth-order valence-corrected chi connectivity index (χ4v) is 4.72. The summed E-state index contributed by atoms with van der Waals surface area (Å²) < 4.78 is 0. The van der Waals surface area contributed by atoms with Crippen LogP contribution in [0.5, 0.6) is 0 Å². The molecular weight excluding hydrogens is 480 g/mol. The first-order valence-corrected chi connectivity index (χ1v) is 12.8. The Morgan fingerprint density at radius 1 is 1.11 bits per heavy atom. The molecule has 2 aromatic carbocycles. The summed E-state index contributed by atoms with van der Waals surface area (Å²) in [4.78, 5) is 42.8. The Kier molecular flexibility index (Phi) is 8.16. The Balaban J connectivity index is 1.52. The minimum absolute atomic E-state index is 0.138. The molecule has 0 saturated carbocycles. The van der Waals surface area contributed by atoms with Gasteiger partial charge < -0.3 is 31.6 Å². The van der Waals surface area contributed by atoms with E-state index in [0.29, 0.717) is 25.9 Å². The first kappa shape index (κ1) is 26.9. The molecule has 9 heteroatoms. The number of aryl methyl sites for hydroxylation is 1. The fourth-order valence-electron chi connectivity index (χ4n) is 4.72. The van der Waals surface area contributed by atoms with Gasteiger partial charge >= 0.3 is 6.03 Å². The van der Waals surface area contributed by atoms with Crippen molar-refractivity contribution in [2.45, 2.75) is 57.8 Å². The van der Waals surface area contributed by atoms with Crippen LogP contribution >= 0.6 is 0 Å². The van der Waals surface area contributed by atoms with E-state index in [2.05, 4.69) is 20.9 Å². The van der Waals surface area contributed by atoms with Crippen LogP contribution in [0.4, 0.5) is 10.5 Å². The normalized spacial score (nSPS) is 15.4. The molecule has 0 unspecified atom stereocenters. The molecule has 0 saturated heterocycles. The Hall–Kier alpha value is -4.11. The number of aromatic nitrogens is 1. The highest BCUT2D eigenvalue weighted by molar-refractivity contribution is 6.00. The number of nitrogens with one attached hydrogen (secondary N) is 4. The van der Waals surface area contributed by atoms with E-state index in [1.54, 1.807) is 25.8 Å². The number of benzene rings is 2. The zero-order valence-electron chi connectivity index (χ0n) is 22.1. The van der Waals surface area contributed by atoms with E-state index in [4.69, 9.17) is 5.73 Å². The molecule has 9 nitrogen and oxygen atoms in total. The molecule has 0 fully saturated rings. The summed E-state index contributed by atoms with van der Waals surface area (Å²) in [6, 6.07) is 17.0. The van der Waals surface area contributed by atoms with Crippen LogP contribution in [0.3, 0.4) is 0 Å². The third-order valence-corrected chi connectivity index (χ3v) is 6.59. The first-order chi connectivity index (χ1) is 18.1. The van der Waals surface area contributed by atoms with Crippen LogP contribution < -0.4 is 26.6 Å². The predicted octanol–water partition coefficient (Wildman–Crippen LogP) is 3.20. The summed E-state index contributed by atoms with van der Waals surface area (Å²) in [6.07, 6.45) is 3.15. The Bertz CT molecular complexity index is 1290. The van der Waals surface area contributed by atoms with Crippen molar-refractivity contribution in [3.63, 3.8) is 0 Å². The second-order valence-electron chi connectivity index (χ2n) is 10.4. The monoisotopic (exact) mass is 516 g/mol. The van der Waals surface area contributed by atoms with Gasteiger partial charge in [-0.2, -0.15) is 0 Å². The average molecular weight is 517 g/mol. The second-order valence-corrected chi connectivity index (χ2v) is 10.4. The van der Waals surface area contributed by atoms with E-state index < -0.39 is 11.6 Å². The molecule has 0 aliphatic carbocycles. The maximum Gasteiger partial charge on any atom is 0.314 e. The highest BCUT2D eigenvalue weighted by Gasteiger charge is 2.32. The highest BCUT2D eigenvalue weighted by atomic mass is 16.2. The van der Waals surface area contributed by atoms with E-state index in [1.807, 2.05) is 60.8 Å². The quantitative estimate of drug-likeness (QED) is 0.314. The second kappa shape index (κ2) is 11.5. The van der Waals surface area contributed by atoms with Crippen molar-refractivity contribution >= 4 is 23.5 Å². The van der Waals surface area contributed by atoms with Crippen molar-refractivity contribution < 1.29 is 14.4 Å². The molecule has 6 N–H and O–H groups in total. The number of nitrogens with zero attached hydrogens (tertiary/aromatic N) is 1. The van der Waals surface area contributed by atoms with E-state index in [9.17, 15) is 14.4 Å². The number of fused-ring (bicyclic) bond motifs is 1. The van der Waals surface area contributed by atoms with Gasteiger partial charge in [0, 0.05) is 37.4 Å².